The first-order valence-electron chi connectivity index (χ1n) is 12.1. The number of aromatic nitrogens is 1. The number of esters is 2. The summed E-state index contributed by atoms with van der Waals surface area (Å²) in [7, 11) is 1.27. The van der Waals surface area contributed by atoms with Gasteiger partial charge in [0, 0.05) is 19.0 Å². The SMILES string of the molecule is CCCN1C(=O)/C(=c2\sc3n(c2=O)[C@@H](c2ccc(OC(C)=O)cc2)C(C(=O)OC)=C(C)N=3)c2ccccc21. The molecule has 2 aromatic carbocycles. The molecular formula is C28H25N3O6S. The lowest BCUT2D eigenvalue weighted by molar-refractivity contribution is -0.136. The highest BCUT2D eigenvalue weighted by atomic mass is 32.1. The Balaban J connectivity index is 1.77. The quantitative estimate of drug-likeness (QED) is 0.370. The van der Waals surface area contributed by atoms with Crippen LogP contribution in [0.25, 0.3) is 5.57 Å². The molecule has 0 unspecified atom stereocenters. The van der Waals surface area contributed by atoms with Crippen LogP contribution in [0.3, 0.4) is 0 Å². The summed E-state index contributed by atoms with van der Waals surface area (Å²) in [6.07, 6.45) is 0.764. The number of fused-ring (bicyclic) bond motifs is 2. The van der Waals surface area contributed by atoms with E-state index < -0.39 is 23.5 Å². The normalized spacial score (nSPS) is 17.6. The molecule has 3 aromatic rings. The van der Waals surface area contributed by atoms with Gasteiger partial charge in [-0.3, -0.25) is 19.0 Å². The van der Waals surface area contributed by atoms with Crippen molar-refractivity contribution in [3.05, 3.63) is 90.6 Å². The Bertz CT molecular complexity index is 1700. The predicted molar refractivity (Wildman–Crippen MR) is 142 cm³/mol. The Morgan fingerprint density at radius 2 is 1.79 bits per heavy atom. The number of para-hydroxylation sites is 1. The minimum atomic E-state index is -0.849. The number of benzene rings is 2. The summed E-state index contributed by atoms with van der Waals surface area (Å²) in [4.78, 5) is 58.5. The number of hydrogen-bond donors (Lipinski definition) is 0. The molecule has 3 heterocycles. The molecule has 0 saturated heterocycles. The van der Waals surface area contributed by atoms with Gasteiger partial charge in [0.1, 0.15) is 10.3 Å². The number of nitrogens with zero attached hydrogens (tertiary/aromatic N) is 3. The fraction of sp³-hybridized carbons (Fsp3) is 0.250. The lowest BCUT2D eigenvalue weighted by Crippen LogP contribution is -2.40. The minimum absolute atomic E-state index is 0.211. The van der Waals surface area contributed by atoms with Gasteiger partial charge in [-0.05, 0) is 37.1 Å². The number of allylic oxidation sites excluding steroid dienone is 1. The van der Waals surface area contributed by atoms with Gasteiger partial charge < -0.3 is 14.4 Å². The van der Waals surface area contributed by atoms with Crippen LogP contribution in [0.2, 0.25) is 0 Å². The number of rotatable bonds is 5. The molecule has 10 heteroatoms. The average molecular weight is 532 g/mol. The largest absolute Gasteiger partial charge is 0.466 e. The molecule has 0 aliphatic carbocycles. The third kappa shape index (κ3) is 4.06. The van der Waals surface area contributed by atoms with Crippen LogP contribution in [0, 0.1) is 0 Å². The number of hydrogen-bond acceptors (Lipinski definition) is 8. The van der Waals surface area contributed by atoms with Crippen LogP contribution < -0.4 is 24.5 Å². The summed E-state index contributed by atoms with van der Waals surface area (Å²) in [5, 5.41) is 0. The predicted octanol–water partition coefficient (Wildman–Crippen LogP) is 2.46. The molecule has 0 radical (unpaired) electrons. The number of thiazole rings is 1. The Morgan fingerprint density at radius 1 is 1.08 bits per heavy atom. The van der Waals surface area contributed by atoms with Crippen LogP contribution in [0.5, 0.6) is 5.75 Å². The van der Waals surface area contributed by atoms with E-state index in [-0.39, 0.29) is 16.0 Å². The lowest BCUT2D eigenvalue weighted by Gasteiger charge is -2.24. The third-order valence-corrected chi connectivity index (χ3v) is 7.51. The number of amides is 1. The van der Waals surface area contributed by atoms with Gasteiger partial charge in [-0.2, -0.15) is 0 Å². The van der Waals surface area contributed by atoms with Crippen molar-refractivity contribution in [1.82, 2.24) is 4.57 Å². The Labute approximate surface area is 221 Å². The van der Waals surface area contributed by atoms with Gasteiger partial charge >= 0.3 is 11.9 Å². The van der Waals surface area contributed by atoms with Crippen LogP contribution in [0.15, 0.2) is 69.6 Å². The molecule has 2 aliphatic rings. The molecule has 9 nitrogen and oxygen atoms in total. The Kier molecular flexibility index (Phi) is 6.58. The van der Waals surface area contributed by atoms with Crippen LogP contribution in [0.4, 0.5) is 5.69 Å². The van der Waals surface area contributed by atoms with Crippen molar-refractivity contribution in [1.29, 1.82) is 0 Å². The summed E-state index contributed by atoms with van der Waals surface area (Å²) >= 11 is 1.13. The Hall–Kier alpha value is -4.31. The van der Waals surface area contributed by atoms with E-state index in [1.807, 2.05) is 31.2 Å². The summed E-state index contributed by atoms with van der Waals surface area (Å²) < 4.78 is 11.9. The van der Waals surface area contributed by atoms with Gasteiger partial charge in [0.25, 0.3) is 11.5 Å². The van der Waals surface area contributed by atoms with Crippen LogP contribution in [-0.2, 0) is 19.1 Å². The van der Waals surface area contributed by atoms with Gasteiger partial charge in [0.05, 0.1) is 35.7 Å². The maximum absolute atomic E-state index is 14.1. The number of carbonyl (C=O) groups is 3. The van der Waals surface area contributed by atoms with Crippen molar-refractivity contribution >= 4 is 40.4 Å². The van der Waals surface area contributed by atoms with Crippen LogP contribution in [-0.4, -0.2) is 36.1 Å². The highest BCUT2D eigenvalue weighted by molar-refractivity contribution is 7.07. The second kappa shape index (κ2) is 9.86. The van der Waals surface area contributed by atoms with E-state index in [0.29, 0.717) is 39.5 Å². The molecule has 0 N–H and O–H groups in total. The Morgan fingerprint density at radius 3 is 2.45 bits per heavy atom. The minimum Gasteiger partial charge on any atom is -0.466 e. The molecule has 0 bridgehead atoms. The van der Waals surface area contributed by atoms with Gasteiger partial charge in [-0.1, -0.05) is 48.6 Å². The number of methoxy groups -OCH3 is 1. The fourth-order valence-corrected chi connectivity index (χ4v) is 6.02. The standard InChI is InChI=1S/C28H25N3O6S/c1-5-14-30-20-9-7-6-8-19(20)22(25(30)33)24-26(34)31-23(17-10-12-18(13-11-17)37-16(3)32)21(27(35)36-4)15(2)29-28(31)38-24/h6-13,23H,5,14H2,1-4H3/b24-22-/t23-/m0/s1. The molecule has 1 aromatic heterocycles. The summed E-state index contributed by atoms with van der Waals surface area (Å²) in [6, 6.07) is 13.1. The summed E-state index contributed by atoms with van der Waals surface area (Å²) in [5.74, 6) is -0.976. The van der Waals surface area contributed by atoms with Gasteiger partial charge in [-0.15, -0.1) is 0 Å². The maximum Gasteiger partial charge on any atom is 0.338 e. The zero-order valence-electron chi connectivity index (χ0n) is 21.3. The zero-order valence-corrected chi connectivity index (χ0v) is 22.1. The van der Waals surface area contributed by atoms with Gasteiger partial charge in [-0.25, -0.2) is 9.79 Å². The van der Waals surface area contributed by atoms with Crippen molar-refractivity contribution in [3.8, 4) is 5.75 Å². The van der Waals surface area contributed by atoms with Gasteiger partial charge in [0.15, 0.2) is 4.80 Å². The van der Waals surface area contributed by atoms with Crippen LogP contribution in [0.1, 0.15) is 44.4 Å². The van der Waals surface area contributed by atoms with Crippen molar-refractivity contribution < 1.29 is 23.9 Å². The number of carbonyl (C=O) groups excluding carboxylic acids is 3. The molecule has 1 amide bonds. The average Bonchev–Trinajstić information content (AvgIpc) is 3.36. The monoisotopic (exact) mass is 531 g/mol. The molecule has 0 fully saturated rings. The molecule has 0 saturated carbocycles. The fourth-order valence-electron chi connectivity index (χ4n) is 4.89. The van der Waals surface area contributed by atoms with Crippen LogP contribution >= 0.6 is 11.3 Å². The van der Waals surface area contributed by atoms with Crippen molar-refractivity contribution in [2.24, 2.45) is 4.99 Å². The smallest absolute Gasteiger partial charge is 0.338 e. The van der Waals surface area contributed by atoms with E-state index in [0.717, 1.165) is 23.4 Å². The van der Waals surface area contributed by atoms with Crippen molar-refractivity contribution in [3.63, 3.8) is 0 Å². The number of anilines is 1. The van der Waals surface area contributed by atoms with Crippen molar-refractivity contribution in [2.45, 2.75) is 33.2 Å². The molecule has 38 heavy (non-hydrogen) atoms. The van der Waals surface area contributed by atoms with E-state index in [4.69, 9.17) is 9.47 Å². The van der Waals surface area contributed by atoms with E-state index in [1.165, 1.54) is 18.6 Å². The third-order valence-electron chi connectivity index (χ3n) is 6.46. The molecule has 194 valence electrons. The first kappa shape index (κ1) is 25.3. The van der Waals surface area contributed by atoms with E-state index in [1.54, 1.807) is 36.1 Å². The summed E-state index contributed by atoms with van der Waals surface area (Å²) in [6.45, 7) is 5.51. The molecule has 1 atom stereocenters. The molecule has 2 aliphatic heterocycles. The van der Waals surface area contributed by atoms with Gasteiger partial charge in [0.2, 0.25) is 0 Å². The molecular weight excluding hydrogens is 506 g/mol. The zero-order chi connectivity index (χ0) is 27.1. The topological polar surface area (TPSA) is 107 Å². The highest BCUT2D eigenvalue weighted by Crippen LogP contribution is 2.36. The second-order valence-electron chi connectivity index (χ2n) is 8.91. The van der Waals surface area contributed by atoms with E-state index in [2.05, 4.69) is 4.99 Å². The number of ether oxygens (including phenoxy) is 2. The summed E-state index contributed by atoms with van der Waals surface area (Å²) in [5.41, 5.74) is 2.60. The van der Waals surface area contributed by atoms with Crippen molar-refractivity contribution in [2.75, 3.05) is 18.6 Å². The van der Waals surface area contributed by atoms with E-state index in [9.17, 15) is 19.2 Å². The molecule has 5 rings (SSSR count). The maximum atomic E-state index is 14.1. The highest BCUT2D eigenvalue weighted by Gasteiger charge is 2.37. The van der Waals surface area contributed by atoms with E-state index >= 15 is 0 Å². The first-order valence-corrected chi connectivity index (χ1v) is 12.9. The lowest BCUT2D eigenvalue weighted by atomic mass is 9.96. The second-order valence-corrected chi connectivity index (χ2v) is 9.88. The first-order chi connectivity index (χ1) is 18.3. The molecule has 0 spiro atoms.